The minimum absolute atomic E-state index is 0.112. The second-order valence-corrected chi connectivity index (χ2v) is 7.91. The summed E-state index contributed by atoms with van der Waals surface area (Å²) in [4.78, 5) is 40.6. The largest absolute Gasteiger partial charge is 0.329 e. The summed E-state index contributed by atoms with van der Waals surface area (Å²) in [5.74, 6) is -0.0923. The molecule has 1 saturated heterocycles. The van der Waals surface area contributed by atoms with Gasteiger partial charge in [0.05, 0.1) is 0 Å². The Balaban J connectivity index is 1.54. The van der Waals surface area contributed by atoms with Crippen LogP contribution in [0, 0.1) is 5.92 Å². The van der Waals surface area contributed by atoms with E-state index in [1.54, 1.807) is 4.90 Å². The molecule has 7 heteroatoms. The predicted octanol–water partition coefficient (Wildman–Crippen LogP) is 0.617. The Morgan fingerprint density at radius 2 is 2.04 bits per heavy atom. The SMILES string of the molecule is CN(Cc1cccc2c1C(=O)N(C1CCC(=O)NC1=O)C2)C(CN)C1CC1. The van der Waals surface area contributed by atoms with Crippen LogP contribution in [-0.4, -0.2) is 53.2 Å². The molecule has 1 aromatic rings. The number of fused-ring (bicyclic) bond motifs is 1. The summed E-state index contributed by atoms with van der Waals surface area (Å²) in [5.41, 5.74) is 8.61. The third-order valence-corrected chi connectivity index (χ3v) is 6.03. The van der Waals surface area contributed by atoms with Crippen LogP contribution in [0.25, 0.3) is 0 Å². The molecule has 3 aliphatic rings. The highest BCUT2D eigenvalue weighted by Gasteiger charge is 2.40. The van der Waals surface area contributed by atoms with E-state index >= 15 is 0 Å². The van der Waals surface area contributed by atoms with E-state index in [1.807, 2.05) is 18.2 Å². The maximum Gasteiger partial charge on any atom is 0.255 e. The van der Waals surface area contributed by atoms with E-state index in [0.717, 1.165) is 11.1 Å². The lowest BCUT2D eigenvalue weighted by Crippen LogP contribution is -2.52. The Bertz CT molecular complexity index is 789. The van der Waals surface area contributed by atoms with Crippen LogP contribution in [0.5, 0.6) is 0 Å². The van der Waals surface area contributed by atoms with E-state index in [-0.39, 0.29) is 24.1 Å². The first-order valence-electron chi connectivity index (χ1n) is 9.65. The molecule has 2 fully saturated rings. The van der Waals surface area contributed by atoms with Gasteiger partial charge in [-0.2, -0.15) is 0 Å². The van der Waals surface area contributed by atoms with Gasteiger partial charge in [0.2, 0.25) is 11.8 Å². The van der Waals surface area contributed by atoms with Crippen LogP contribution in [0.3, 0.4) is 0 Å². The Hall–Kier alpha value is -2.25. The number of imide groups is 1. The third-order valence-electron chi connectivity index (χ3n) is 6.03. The van der Waals surface area contributed by atoms with Gasteiger partial charge in [0.25, 0.3) is 5.91 Å². The first kappa shape index (κ1) is 18.1. The highest BCUT2D eigenvalue weighted by atomic mass is 16.2. The van der Waals surface area contributed by atoms with Crippen molar-refractivity contribution < 1.29 is 14.4 Å². The summed E-state index contributed by atoms with van der Waals surface area (Å²) >= 11 is 0. The molecule has 4 rings (SSSR count). The van der Waals surface area contributed by atoms with Crippen LogP contribution in [-0.2, 0) is 22.7 Å². The van der Waals surface area contributed by atoms with Crippen LogP contribution >= 0.6 is 0 Å². The van der Waals surface area contributed by atoms with Gasteiger partial charge in [-0.3, -0.25) is 24.6 Å². The van der Waals surface area contributed by atoms with Crippen LogP contribution < -0.4 is 11.1 Å². The first-order chi connectivity index (χ1) is 13.0. The monoisotopic (exact) mass is 370 g/mol. The molecule has 0 radical (unpaired) electrons. The minimum Gasteiger partial charge on any atom is -0.329 e. The lowest BCUT2D eigenvalue weighted by atomic mass is 10.0. The molecule has 0 aromatic heterocycles. The van der Waals surface area contributed by atoms with Crippen LogP contribution in [0.15, 0.2) is 18.2 Å². The smallest absolute Gasteiger partial charge is 0.255 e. The maximum atomic E-state index is 13.1. The molecule has 2 heterocycles. The van der Waals surface area contributed by atoms with Gasteiger partial charge in [0.15, 0.2) is 0 Å². The number of likely N-dealkylation sites (N-methyl/N-ethyl adjacent to an activating group) is 1. The van der Waals surface area contributed by atoms with Crippen molar-refractivity contribution in [3.63, 3.8) is 0 Å². The highest BCUT2D eigenvalue weighted by molar-refractivity contribution is 6.05. The van der Waals surface area contributed by atoms with Crippen molar-refractivity contribution in [3.8, 4) is 0 Å². The number of hydrogen-bond acceptors (Lipinski definition) is 5. The fourth-order valence-corrected chi connectivity index (χ4v) is 4.42. The van der Waals surface area contributed by atoms with Crippen molar-refractivity contribution in [1.29, 1.82) is 0 Å². The molecule has 0 spiro atoms. The van der Waals surface area contributed by atoms with Crippen molar-refractivity contribution in [1.82, 2.24) is 15.1 Å². The Morgan fingerprint density at radius 3 is 2.70 bits per heavy atom. The lowest BCUT2D eigenvalue weighted by Gasteiger charge is -2.29. The first-order valence-corrected chi connectivity index (χ1v) is 9.65. The van der Waals surface area contributed by atoms with Gasteiger partial charge in [0, 0.05) is 37.7 Å². The number of benzene rings is 1. The summed E-state index contributed by atoms with van der Waals surface area (Å²) in [5, 5.41) is 2.35. The zero-order chi connectivity index (χ0) is 19.1. The molecule has 3 N–H and O–H groups in total. The zero-order valence-corrected chi connectivity index (χ0v) is 15.6. The van der Waals surface area contributed by atoms with Gasteiger partial charge in [-0.15, -0.1) is 0 Å². The molecule has 1 aromatic carbocycles. The Labute approximate surface area is 158 Å². The molecule has 144 valence electrons. The predicted molar refractivity (Wildman–Crippen MR) is 99.5 cm³/mol. The second-order valence-electron chi connectivity index (χ2n) is 7.91. The normalized spacial score (nSPS) is 23.6. The molecule has 27 heavy (non-hydrogen) atoms. The molecule has 2 unspecified atom stereocenters. The average Bonchev–Trinajstić information content (AvgIpc) is 3.40. The fraction of sp³-hybridized carbons (Fsp3) is 0.550. The van der Waals surface area contributed by atoms with Crippen molar-refractivity contribution in [2.45, 2.75) is 50.9 Å². The number of rotatable bonds is 6. The van der Waals surface area contributed by atoms with Crippen molar-refractivity contribution in [2.24, 2.45) is 11.7 Å². The molecule has 7 nitrogen and oxygen atoms in total. The Kier molecular flexibility index (Phi) is 4.74. The number of carbonyl (C=O) groups excluding carboxylic acids is 3. The summed E-state index contributed by atoms with van der Waals surface area (Å²) in [6, 6.07) is 5.67. The van der Waals surface area contributed by atoms with E-state index in [1.165, 1.54) is 12.8 Å². The minimum atomic E-state index is -0.573. The third kappa shape index (κ3) is 3.37. The highest BCUT2D eigenvalue weighted by Crippen LogP contribution is 2.36. The van der Waals surface area contributed by atoms with Gasteiger partial charge in [-0.1, -0.05) is 18.2 Å². The average molecular weight is 370 g/mol. The number of hydrogen-bond donors (Lipinski definition) is 2. The number of nitrogens with two attached hydrogens (primary N) is 1. The number of nitrogens with zero attached hydrogens (tertiary/aromatic N) is 2. The Morgan fingerprint density at radius 1 is 1.26 bits per heavy atom. The molecule has 2 aliphatic heterocycles. The standard InChI is InChI=1S/C20H26N4O3/c1-23(16(9-21)12-5-6-12)10-13-3-2-4-14-11-24(20(27)18(13)14)15-7-8-17(25)22-19(15)26/h2-4,12,15-16H,5-11,21H2,1H3,(H,22,25,26). The molecular formula is C20H26N4O3. The summed E-state index contributed by atoms with van der Waals surface area (Å²) < 4.78 is 0. The number of piperidine rings is 1. The van der Waals surface area contributed by atoms with E-state index < -0.39 is 6.04 Å². The van der Waals surface area contributed by atoms with Crippen LogP contribution in [0.4, 0.5) is 0 Å². The molecule has 1 saturated carbocycles. The van der Waals surface area contributed by atoms with E-state index in [4.69, 9.17) is 5.73 Å². The molecule has 0 bridgehead atoms. The second kappa shape index (κ2) is 7.05. The van der Waals surface area contributed by atoms with Crippen molar-refractivity contribution >= 4 is 17.7 Å². The molecule has 3 amide bonds. The van der Waals surface area contributed by atoms with E-state index in [0.29, 0.717) is 43.6 Å². The van der Waals surface area contributed by atoms with Crippen molar-refractivity contribution in [3.05, 3.63) is 34.9 Å². The van der Waals surface area contributed by atoms with Gasteiger partial charge < -0.3 is 10.6 Å². The fourth-order valence-electron chi connectivity index (χ4n) is 4.42. The van der Waals surface area contributed by atoms with Crippen LogP contribution in [0.2, 0.25) is 0 Å². The number of carbonyl (C=O) groups is 3. The van der Waals surface area contributed by atoms with Gasteiger partial charge in [-0.05, 0) is 43.4 Å². The summed E-state index contributed by atoms with van der Waals surface area (Å²) in [6.07, 6.45) is 3.10. The van der Waals surface area contributed by atoms with Crippen molar-refractivity contribution in [2.75, 3.05) is 13.6 Å². The maximum absolute atomic E-state index is 13.1. The molecule has 2 atom stereocenters. The van der Waals surface area contributed by atoms with Gasteiger partial charge in [0.1, 0.15) is 6.04 Å². The number of nitrogens with one attached hydrogen (secondary N) is 1. The van der Waals surface area contributed by atoms with Crippen LogP contribution in [0.1, 0.15) is 47.2 Å². The topological polar surface area (TPSA) is 95.7 Å². The molecule has 1 aliphatic carbocycles. The van der Waals surface area contributed by atoms with Gasteiger partial charge in [-0.25, -0.2) is 0 Å². The van der Waals surface area contributed by atoms with E-state index in [2.05, 4.69) is 17.3 Å². The number of amides is 3. The summed E-state index contributed by atoms with van der Waals surface area (Å²) in [6.45, 7) is 1.70. The van der Waals surface area contributed by atoms with E-state index in [9.17, 15) is 14.4 Å². The quantitative estimate of drug-likeness (QED) is 0.716. The molecular weight excluding hydrogens is 344 g/mol. The summed E-state index contributed by atoms with van der Waals surface area (Å²) in [7, 11) is 2.06. The zero-order valence-electron chi connectivity index (χ0n) is 15.6. The van der Waals surface area contributed by atoms with Gasteiger partial charge >= 0.3 is 0 Å². The lowest BCUT2D eigenvalue weighted by molar-refractivity contribution is -0.136.